The van der Waals surface area contributed by atoms with Crippen molar-refractivity contribution in [3.63, 3.8) is 0 Å². The molecule has 0 radical (unpaired) electrons. The highest BCUT2D eigenvalue weighted by atomic mass is 79.9. The molecule has 1 saturated heterocycles. The molecule has 0 aromatic heterocycles. The molecule has 0 bridgehead atoms. The van der Waals surface area contributed by atoms with Crippen molar-refractivity contribution in [3.05, 3.63) is 62.9 Å². The van der Waals surface area contributed by atoms with Crippen molar-refractivity contribution in [1.29, 1.82) is 0 Å². The van der Waals surface area contributed by atoms with Crippen LogP contribution in [0.5, 0.6) is 0 Å². The Bertz CT molecular complexity index is 1050. The van der Waals surface area contributed by atoms with E-state index in [4.69, 9.17) is 8.92 Å². The van der Waals surface area contributed by atoms with Crippen LogP contribution in [-0.4, -0.2) is 38.7 Å². The summed E-state index contributed by atoms with van der Waals surface area (Å²) in [5.74, 6) is -0.571. The zero-order valence-corrected chi connectivity index (χ0v) is 16.4. The minimum absolute atomic E-state index is 0.0512. The smallest absolute Gasteiger partial charge is 0.414 e. The Morgan fingerprint density at radius 3 is 2.75 bits per heavy atom. The summed E-state index contributed by atoms with van der Waals surface area (Å²) in [6.45, 7) is -0.545. The van der Waals surface area contributed by atoms with Gasteiger partial charge >= 0.3 is 6.09 Å². The molecular formula is C16H12BrFN2O7S. The maximum absolute atomic E-state index is 13.7. The molecule has 3 rings (SSSR count). The Labute approximate surface area is 167 Å². The van der Waals surface area contributed by atoms with E-state index in [0.717, 1.165) is 29.2 Å². The molecule has 12 heteroatoms. The van der Waals surface area contributed by atoms with Gasteiger partial charge in [0.15, 0.2) is 0 Å². The van der Waals surface area contributed by atoms with E-state index in [2.05, 4.69) is 15.9 Å². The van der Waals surface area contributed by atoms with E-state index in [-0.39, 0.29) is 16.7 Å². The average molecular weight is 475 g/mol. The lowest BCUT2D eigenvalue weighted by atomic mass is 10.2. The molecule has 2 aromatic rings. The largest absolute Gasteiger partial charge is 0.441 e. The first-order valence-electron chi connectivity index (χ1n) is 7.74. The second kappa shape index (κ2) is 7.81. The monoisotopic (exact) mass is 474 g/mol. The molecule has 1 fully saturated rings. The molecule has 0 unspecified atom stereocenters. The molecule has 9 nitrogen and oxygen atoms in total. The number of halogens is 2. The zero-order valence-electron chi connectivity index (χ0n) is 13.9. The van der Waals surface area contributed by atoms with Crippen molar-refractivity contribution in [1.82, 2.24) is 0 Å². The third-order valence-corrected chi connectivity index (χ3v) is 5.74. The van der Waals surface area contributed by atoms with Gasteiger partial charge in [0.1, 0.15) is 23.4 Å². The van der Waals surface area contributed by atoms with E-state index in [1.54, 1.807) is 0 Å². The number of nitrogens with zero attached hydrogens (tertiary/aromatic N) is 2. The zero-order chi connectivity index (χ0) is 20.5. The van der Waals surface area contributed by atoms with Crippen LogP contribution in [0.3, 0.4) is 0 Å². The summed E-state index contributed by atoms with van der Waals surface area (Å²) >= 11 is 3.01. The summed E-state index contributed by atoms with van der Waals surface area (Å²) < 4.78 is 48.3. The first kappa shape index (κ1) is 20.2. The maximum Gasteiger partial charge on any atom is 0.414 e. The van der Waals surface area contributed by atoms with E-state index < -0.39 is 50.2 Å². The lowest BCUT2D eigenvalue weighted by Crippen LogP contribution is -2.26. The van der Waals surface area contributed by atoms with Gasteiger partial charge in [0.25, 0.3) is 15.8 Å². The number of nitro benzene ring substituents is 1. The van der Waals surface area contributed by atoms with Crippen LogP contribution in [0, 0.1) is 15.9 Å². The number of hydrogen-bond acceptors (Lipinski definition) is 7. The van der Waals surface area contributed by atoms with E-state index in [1.165, 1.54) is 18.2 Å². The molecule has 0 aliphatic carbocycles. The number of non-ortho nitro benzene ring substituents is 1. The summed E-state index contributed by atoms with van der Waals surface area (Å²) in [6.07, 6.45) is -1.70. The second-order valence-electron chi connectivity index (χ2n) is 5.71. The van der Waals surface area contributed by atoms with Gasteiger partial charge in [-0.2, -0.15) is 8.42 Å². The van der Waals surface area contributed by atoms with Gasteiger partial charge < -0.3 is 4.74 Å². The van der Waals surface area contributed by atoms with Crippen LogP contribution < -0.4 is 4.90 Å². The van der Waals surface area contributed by atoms with Crippen LogP contribution in [0.2, 0.25) is 0 Å². The lowest BCUT2D eigenvalue weighted by molar-refractivity contribution is -0.385. The van der Waals surface area contributed by atoms with Crippen LogP contribution >= 0.6 is 15.9 Å². The molecule has 0 N–H and O–H groups in total. The number of hydrogen-bond donors (Lipinski definition) is 0. The van der Waals surface area contributed by atoms with Crippen LogP contribution in [0.1, 0.15) is 0 Å². The third-order valence-electron chi connectivity index (χ3n) is 3.82. The van der Waals surface area contributed by atoms with Gasteiger partial charge in [0.2, 0.25) is 0 Å². The minimum Gasteiger partial charge on any atom is -0.441 e. The molecule has 1 aliphatic heterocycles. The number of benzene rings is 2. The SMILES string of the molecule is O=C1O[C@@H](COS(=O)(=O)c2cccc([N+](=O)[O-])c2)CN1c1ccc(Br)c(F)c1. The van der Waals surface area contributed by atoms with Crippen LogP contribution in [0.4, 0.5) is 20.6 Å². The summed E-state index contributed by atoms with van der Waals surface area (Å²) in [6, 6.07) is 8.44. The number of rotatable bonds is 6. The number of ether oxygens (including phenoxy) is 1. The molecule has 1 amide bonds. The average Bonchev–Trinajstić information content (AvgIpc) is 3.03. The fourth-order valence-electron chi connectivity index (χ4n) is 2.46. The first-order chi connectivity index (χ1) is 13.2. The Kier molecular flexibility index (Phi) is 5.63. The van der Waals surface area contributed by atoms with E-state index in [9.17, 15) is 27.7 Å². The van der Waals surface area contributed by atoms with Crippen LogP contribution in [0.25, 0.3) is 0 Å². The fourth-order valence-corrected chi connectivity index (χ4v) is 3.68. The minimum atomic E-state index is -4.30. The van der Waals surface area contributed by atoms with Crippen molar-refractivity contribution in [2.75, 3.05) is 18.1 Å². The molecule has 2 aromatic carbocycles. The van der Waals surface area contributed by atoms with Gasteiger partial charge in [-0.1, -0.05) is 6.07 Å². The molecule has 28 heavy (non-hydrogen) atoms. The Morgan fingerprint density at radius 2 is 2.07 bits per heavy atom. The summed E-state index contributed by atoms with van der Waals surface area (Å²) in [7, 11) is -4.30. The van der Waals surface area contributed by atoms with Crippen molar-refractivity contribution in [2.24, 2.45) is 0 Å². The molecule has 1 atom stereocenters. The predicted octanol–water partition coefficient (Wildman–Crippen LogP) is 3.23. The molecular weight excluding hydrogens is 463 g/mol. The molecule has 0 spiro atoms. The van der Waals surface area contributed by atoms with Crippen molar-refractivity contribution in [2.45, 2.75) is 11.0 Å². The standard InChI is InChI=1S/C16H12BrFN2O7S/c17-14-5-4-10(7-15(14)18)19-8-12(27-16(19)21)9-26-28(24,25)13-3-1-2-11(6-13)20(22)23/h1-7,12H,8-9H2/t12-/m1/s1. The molecule has 148 valence electrons. The quantitative estimate of drug-likeness (QED) is 0.358. The molecule has 1 aliphatic rings. The van der Waals surface area contributed by atoms with Crippen molar-refractivity contribution < 1.29 is 31.4 Å². The Hall–Kier alpha value is -2.57. The van der Waals surface area contributed by atoms with Gasteiger partial charge in [0.05, 0.1) is 21.6 Å². The van der Waals surface area contributed by atoms with Gasteiger partial charge in [0, 0.05) is 12.1 Å². The van der Waals surface area contributed by atoms with Crippen molar-refractivity contribution >= 4 is 43.5 Å². The number of carbonyl (C=O) groups is 1. The van der Waals surface area contributed by atoms with Crippen molar-refractivity contribution in [3.8, 4) is 0 Å². The predicted molar refractivity (Wildman–Crippen MR) is 97.9 cm³/mol. The van der Waals surface area contributed by atoms with E-state index in [1.807, 2.05) is 0 Å². The van der Waals surface area contributed by atoms with Gasteiger partial charge in [-0.25, -0.2) is 9.18 Å². The number of carbonyl (C=O) groups excluding carboxylic acids is 1. The normalized spacial score (nSPS) is 16.9. The van der Waals surface area contributed by atoms with Gasteiger partial charge in [-0.3, -0.25) is 19.2 Å². The fraction of sp³-hybridized carbons (Fsp3) is 0.188. The summed E-state index contributed by atoms with van der Waals surface area (Å²) in [4.78, 5) is 22.8. The number of anilines is 1. The summed E-state index contributed by atoms with van der Waals surface area (Å²) in [5, 5.41) is 10.8. The van der Waals surface area contributed by atoms with Gasteiger partial charge in [-0.05, 0) is 40.2 Å². The lowest BCUT2D eigenvalue weighted by Gasteiger charge is -2.13. The van der Waals surface area contributed by atoms with Crippen LogP contribution in [-0.2, 0) is 19.0 Å². The van der Waals surface area contributed by atoms with E-state index >= 15 is 0 Å². The third kappa shape index (κ3) is 4.29. The molecule has 0 saturated carbocycles. The summed E-state index contributed by atoms with van der Waals surface area (Å²) in [5.41, 5.74) is -0.157. The van der Waals surface area contributed by atoms with Gasteiger partial charge in [-0.15, -0.1) is 0 Å². The highest BCUT2D eigenvalue weighted by Gasteiger charge is 2.34. The Morgan fingerprint density at radius 1 is 1.32 bits per heavy atom. The topological polar surface area (TPSA) is 116 Å². The first-order valence-corrected chi connectivity index (χ1v) is 9.94. The highest BCUT2D eigenvalue weighted by Crippen LogP contribution is 2.27. The number of cyclic esters (lactones) is 1. The van der Waals surface area contributed by atoms with E-state index in [0.29, 0.717) is 0 Å². The highest BCUT2D eigenvalue weighted by molar-refractivity contribution is 9.10. The maximum atomic E-state index is 13.7. The number of nitro groups is 1. The van der Waals surface area contributed by atoms with Crippen LogP contribution in [0.15, 0.2) is 51.8 Å². The number of amides is 1. The Balaban J connectivity index is 1.68. The molecule has 1 heterocycles. The second-order valence-corrected chi connectivity index (χ2v) is 8.18.